The van der Waals surface area contributed by atoms with Crippen LogP contribution in [0.25, 0.3) is 0 Å². The lowest BCUT2D eigenvalue weighted by molar-refractivity contribution is 0.201. The van der Waals surface area contributed by atoms with Gasteiger partial charge in [-0.05, 0) is 12.5 Å². The van der Waals surface area contributed by atoms with Gasteiger partial charge >= 0.3 is 0 Å². The minimum atomic E-state index is -1.74. The summed E-state index contributed by atoms with van der Waals surface area (Å²) in [5.74, 6) is 0.460. The van der Waals surface area contributed by atoms with E-state index in [1.165, 1.54) is 5.56 Å². The van der Waals surface area contributed by atoms with Crippen molar-refractivity contribution >= 4 is 29.6 Å². The molecule has 0 N–H and O–H groups in total. The molecule has 0 spiro atoms. The summed E-state index contributed by atoms with van der Waals surface area (Å²) in [5.41, 5.74) is 1.41. The summed E-state index contributed by atoms with van der Waals surface area (Å²) in [5, 5.41) is 0. The molecule has 0 aliphatic carbocycles. The Hall–Kier alpha value is 0.0475. The Morgan fingerprint density at radius 3 is 1.38 bits per heavy atom. The maximum absolute atomic E-state index is 7.37. The van der Waals surface area contributed by atoms with Crippen LogP contribution in [0.5, 0.6) is 0 Å². The summed E-state index contributed by atoms with van der Waals surface area (Å²) in [6, 6.07) is 10.9. The van der Waals surface area contributed by atoms with Gasteiger partial charge in [0.1, 0.15) is 0 Å². The molecule has 2 atom stereocenters. The quantitative estimate of drug-likeness (QED) is 0.485. The highest BCUT2D eigenvalue weighted by atomic mass is 29.9. The molecule has 24 heavy (non-hydrogen) atoms. The van der Waals surface area contributed by atoms with Crippen LogP contribution in [0, 0.1) is 0 Å². The molecule has 1 aromatic rings. The van der Waals surface area contributed by atoms with Crippen molar-refractivity contribution in [1.82, 2.24) is 0 Å². The number of hydrogen-bond acceptors (Lipinski definition) is 1. The summed E-state index contributed by atoms with van der Waals surface area (Å²) >= 11 is 0. The molecule has 0 aromatic heterocycles. The minimum Gasteiger partial charge on any atom is -0.423 e. The molecule has 0 aliphatic heterocycles. The van der Waals surface area contributed by atoms with Crippen LogP contribution in [-0.2, 0) is 4.43 Å². The summed E-state index contributed by atoms with van der Waals surface area (Å²) in [6.45, 7) is 26.3. The van der Waals surface area contributed by atoms with E-state index in [1.54, 1.807) is 0 Å². The van der Waals surface area contributed by atoms with Crippen molar-refractivity contribution in [2.75, 3.05) is 0 Å². The van der Waals surface area contributed by atoms with Crippen LogP contribution in [0.2, 0.25) is 58.9 Å². The zero-order valence-corrected chi connectivity index (χ0v) is 21.9. The molecular weight excluding hydrogens is 357 g/mol. The third-order valence-electron chi connectivity index (χ3n) is 5.56. The van der Waals surface area contributed by atoms with Crippen molar-refractivity contribution in [3.8, 4) is 0 Å². The van der Waals surface area contributed by atoms with Gasteiger partial charge in [-0.3, -0.25) is 0 Å². The normalized spacial score (nSPS) is 16.8. The molecule has 0 aliphatic rings. The summed E-state index contributed by atoms with van der Waals surface area (Å²) in [7, 11) is -4.13. The van der Waals surface area contributed by atoms with E-state index in [2.05, 4.69) is 103 Å². The van der Waals surface area contributed by atoms with Gasteiger partial charge in [-0.25, -0.2) is 0 Å². The first-order valence-corrected chi connectivity index (χ1v) is 24.8. The maximum atomic E-state index is 7.37. The van der Waals surface area contributed by atoms with Crippen molar-refractivity contribution in [3.63, 3.8) is 0 Å². The molecule has 0 saturated heterocycles. The molecule has 138 valence electrons. The maximum Gasteiger partial charge on any atom is 0.158 e. The van der Waals surface area contributed by atoms with Crippen molar-refractivity contribution in [2.24, 2.45) is 0 Å². The van der Waals surface area contributed by atoms with E-state index in [0.29, 0.717) is 12.0 Å². The van der Waals surface area contributed by atoms with Gasteiger partial charge in [0.2, 0.25) is 0 Å². The van der Waals surface area contributed by atoms with Crippen LogP contribution in [-0.4, -0.2) is 35.7 Å². The van der Waals surface area contributed by atoms with E-state index >= 15 is 0 Å². The number of hydrogen-bond donors (Lipinski definition) is 0. The first kappa shape index (κ1) is 22.1. The lowest BCUT2D eigenvalue weighted by Gasteiger charge is -2.57. The molecule has 1 rings (SSSR count). The lowest BCUT2D eigenvalue weighted by atomic mass is 9.97. The van der Waals surface area contributed by atoms with Crippen LogP contribution >= 0.6 is 0 Å². The average Bonchev–Trinajstić information content (AvgIpc) is 2.40. The van der Waals surface area contributed by atoms with Gasteiger partial charge in [0.05, 0.1) is 22.8 Å². The third-order valence-corrected chi connectivity index (χ3v) is 73.2. The molecule has 0 saturated carbocycles. The summed E-state index contributed by atoms with van der Waals surface area (Å²) in [4.78, 5) is 0. The van der Waals surface area contributed by atoms with Crippen LogP contribution in [0.1, 0.15) is 25.3 Å². The van der Waals surface area contributed by atoms with Crippen molar-refractivity contribution < 1.29 is 4.43 Å². The van der Waals surface area contributed by atoms with Gasteiger partial charge in [0, 0.05) is 12.0 Å². The monoisotopic (exact) mass is 396 g/mol. The fourth-order valence-corrected chi connectivity index (χ4v) is 99.7. The second-order valence-corrected chi connectivity index (χ2v) is 49.9. The Bertz CT molecular complexity index is 487. The summed E-state index contributed by atoms with van der Waals surface area (Å²) in [6.07, 6.45) is 0.309. The lowest BCUT2D eigenvalue weighted by Crippen LogP contribution is -2.84. The van der Waals surface area contributed by atoms with Crippen molar-refractivity contribution in [1.29, 1.82) is 0 Å². The van der Waals surface area contributed by atoms with Gasteiger partial charge in [-0.15, -0.1) is 0 Å². The van der Waals surface area contributed by atoms with E-state index in [0.717, 1.165) is 0 Å². The van der Waals surface area contributed by atoms with E-state index in [4.69, 9.17) is 4.43 Å². The Balaban J connectivity index is 3.32. The molecule has 1 aromatic carbocycles. The molecule has 5 heteroatoms. The minimum absolute atomic E-state index is 0.309. The van der Waals surface area contributed by atoms with E-state index < -0.39 is 29.6 Å². The average molecular weight is 397 g/mol. The topological polar surface area (TPSA) is 9.23 Å². The summed E-state index contributed by atoms with van der Waals surface area (Å²) < 4.78 is 7.37. The van der Waals surface area contributed by atoms with Crippen molar-refractivity contribution in [2.45, 2.75) is 84.8 Å². The smallest absolute Gasteiger partial charge is 0.158 e. The molecule has 0 unspecified atom stereocenters. The van der Waals surface area contributed by atoms with Gasteiger partial charge in [0.25, 0.3) is 0 Å². The molecule has 0 bridgehead atoms. The predicted molar refractivity (Wildman–Crippen MR) is 121 cm³/mol. The zero-order chi connectivity index (χ0) is 19.0. The Labute approximate surface area is 154 Å². The molecular formula is C19H40OSi4. The van der Waals surface area contributed by atoms with Gasteiger partial charge < -0.3 is 4.43 Å². The fraction of sp³-hybridized carbons (Fsp3) is 0.684. The van der Waals surface area contributed by atoms with Crippen LogP contribution in [0.3, 0.4) is 0 Å². The Kier molecular flexibility index (Phi) is 6.76. The SMILES string of the molecule is C[C@H](O[Si]([Si](C)(C)C)([Si](C)(C)C)[Si](C)(C)C)[C@H](C)c1ccccc1. The van der Waals surface area contributed by atoms with Gasteiger partial charge in [-0.2, -0.15) is 0 Å². The Morgan fingerprint density at radius 1 is 0.667 bits per heavy atom. The standard InChI is InChI=1S/C19H40OSi4/c1-17(19-15-13-12-14-16-19)18(2)20-24(21(3,4)5,22(6,7)8)23(9,10)11/h12-18H,1-11H3/t17-,18-/m0/s1. The predicted octanol–water partition coefficient (Wildman–Crippen LogP) is 6.39. The highest BCUT2D eigenvalue weighted by molar-refractivity contribution is 7.87. The number of rotatable bonds is 7. The molecule has 0 radical (unpaired) electrons. The molecule has 1 nitrogen and oxygen atoms in total. The molecule has 0 amide bonds. The largest absolute Gasteiger partial charge is 0.423 e. The van der Waals surface area contributed by atoms with Crippen LogP contribution in [0.4, 0.5) is 0 Å². The first-order chi connectivity index (χ1) is 10.6. The van der Waals surface area contributed by atoms with Gasteiger partial charge in [0.15, 0.2) is 6.87 Å². The number of benzene rings is 1. The highest BCUT2D eigenvalue weighted by Gasteiger charge is 2.64. The third kappa shape index (κ3) is 4.23. The first-order valence-electron chi connectivity index (χ1n) is 9.38. The highest BCUT2D eigenvalue weighted by Crippen LogP contribution is 2.40. The van der Waals surface area contributed by atoms with Crippen LogP contribution in [0.15, 0.2) is 30.3 Å². The van der Waals surface area contributed by atoms with Crippen LogP contribution < -0.4 is 0 Å². The molecule has 0 fully saturated rings. The van der Waals surface area contributed by atoms with E-state index in [1.807, 2.05) is 0 Å². The fourth-order valence-electron chi connectivity index (χ4n) is 5.31. The molecule has 0 heterocycles. The second kappa shape index (κ2) is 7.35. The van der Waals surface area contributed by atoms with Gasteiger partial charge in [-0.1, -0.05) is 96.2 Å². The zero-order valence-electron chi connectivity index (χ0n) is 17.9. The van der Waals surface area contributed by atoms with E-state index in [-0.39, 0.29) is 0 Å². The van der Waals surface area contributed by atoms with Crippen molar-refractivity contribution in [3.05, 3.63) is 35.9 Å². The second-order valence-electron chi connectivity index (χ2n) is 10.5. The van der Waals surface area contributed by atoms with E-state index in [9.17, 15) is 0 Å². The Morgan fingerprint density at radius 2 is 1.04 bits per heavy atom.